The molecule has 1 heterocycles. The lowest BCUT2D eigenvalue weighted by Crippen LogP contribution is -2.62. The number of ether oxygens (including phenoxy) is 1. The Morgan fingerprint density at radius 1 is 0.719 bits per heavy atom. The summed E-state index contributed by atoms with van der Waals surface area (Å²) in [5.74, 6) is 0. The lowest BCUT2D eigenvalue weighted by Gasteiger charge is -2.45. The molecule has 64 heavy (non-hydrogen) atoms. The Morgan fingerprint density at radius 3 is 1.72 bits per heavy atom. The van der Waals surface area contributed by atoms with Crippen LogP contribution in [0.4, 0.5) is 9.59 Å². The number of carbonyl (C=O) groups is 2. The van der Waals surface area contributed by atoms with Crippen LogP contribution in [0, 0.1) is 0 Å². The van der Waals surface area contributed by atoms with E-state index in [4.69, 9.17) is 14.4 Å². The number of hydroxylamine groups is 2. The summed E-state index contributed by atoms with van der Waals surface area (Å²) in [5.41, 5.74) is 2.63. The molecule has 0 bridgehead atoms. The molecule has 0 radical (unpaired) electrons. The summed E-state index contributed by atoms with van der Waals surface area (Å²) in [7, 11) is -4.47. The smallest absolute Gasteiger partial charge is 0.390 e. The molecule has 2 saturated carbocycles. The third kappa shape index (κ3) is 12.6. The standard InChI is InChI=1S/C47H66N6O10S/c1-46(2,3)52(39(27-32-17-9-7-10-18-32)41(54)30-48-62-34-21-13-14-22-34)44(57)61-45(58)53(47(4,5)6)40(28-33-19-11-8-12-20-33)42(55)31-51(63-35-23-15-16-24-35)64(59,60)36-25-26-37-38(29-36)50-43(56)49-37/h7-12,17-20,25-26,29,34-35,39-42,48,54-55H,13-16,21-24,27-28,30-31H2,1-6H3,(H2,49,50,56)/t39-,40-,41-,42-/m0/s1. The van der Waals surface area contributed by atoms with Gasteiger partial charge in [0, 0.05) is 17.6 Å². The summed E-state index contributed by atoms with van der Waals surface area (Å²) >= 11 is 0. The molecule has 4 aromatic rings. The minimum Gasteiger partial charge on any atom is -0.390 e. The first kappa shape index (κ1) is 48.8. The zero-order valence-corrected chi connectivity index (χ0v) is 38.7. The molecule has 3 aromatic carbocycles. The number of aromatic amines is 2. The third-order valence-electron chi connectivity index (χ3n) is 11.9. The Labute approximate surface area is 376 Å². The number of aliphatic hydroxyl groups is 2. The minimum atomic E-state index is -4.47. The van der Waals surface area contributed by atoms with Gasteiger partial charge in [-0.15, -0.1) is 0 Å². The van der Waals surface area contributed by atoms with E-state index in [1.165, 1.54) is 28.0 Å². The molecule has 2 fully saturated rings. The molecule has 17 heteroatoms. The maximum Gasteiger partial charge on any atom is 0.419 e. The largest absolute Gasteiger partial charge is 0.419 e. The maximum atomic E-state index is 14.8. The van der Waals surface area contributed by atoms with Crippen molar-refractivity contribution in [2.75, 3.05) is 13.1 Å². The molecular formula is C47H66N6O10S. The van der Waals surface area contributed by atoms with E-state index in [9.17, 15) is 33.0 Å². The molecule has 16 nitrogen and oxygen atoms in total. The van der Waals surface area contributed by atoms with Crippen LogP contribution in [0.5, 0.6) is 0 Å². The molecule has 0 spiro atoms. The van der Waals surface area contributed by atoms with E-state index in [1.54, 1.807) is 41.5 Å². The summed E-state index contributed by atoms with van der Waals surface area (Å²) in [4.78, 5) is 61.3. The number of H-pyrrole nitrogens is 2. The van der Waals surface area contributed by atoms with Crippen LogP contribution in [0.3, 0.4) is 0 Å². The van der Waals surface area contributed by atoms with Crippen molar-refractivity contribution in [3.05, 3.63) is 100 Å². The van der Waals surface area contributed by atoms with Crippen molar-refractivity contribution in [2.45, 2.75) is 158 Å². The molecule has 350 valence electrons. The highest BCUT2D eigenvalue weighted by Gasteiger charge is 2.45. The van der Waals surface area contributed by atoms with Gasteiger partial charge in [0.2, 0.25) is 0 Å². The van der Waals surface area contributed by atoms with Gasteiger partial charge in [0.05, 0.1) is 59.0 Å². The molecule has 0 aliphatic heterocycles. The predicted octanol–water partition coefficient (Wildman–Crippen LogP) is 6.59. The maximum absolute atomic E-state index is 14.8. The molecule has 2 aliphatic carbocycles. The van der Waals surface area contributed by atoms with Crippen LogP contribution in [0.2, 0.25) is 0 Å². The van der Waals surface area contributed by atoms with E-state index >= 15 is 0 Å². The number of nitrogens with zero attached hydrogens (tertiary/aromatic N) is 3. The van der Waals surface area contributed by atoms with Crippen LogP contribution in [-0.4, -0.2) is 116 Å². The first-order valence-corrected chi connectivity index (χ1v) is 23.8. The highest BCUT2D eigenvalue weighted by atomic mass is 32.2. The topological polar surface area (TPSA) is 207 Å². The highest BCUT2D eigenvalue weighted by Crippen LogP contribution is 2.31. The molecule has 6 rings (SSSR count). The number of nitrogens with one attached hydrogen (secondary N) is 3. The highest BCUT2D eigenvalue weighted by molar-refractivity contribution is 7.89. The fourth-order valence-corrected chi connectivity index (χ4v) is 10.1. The van der Waals surface area contributed by atoms with Crippen molar-refractivity contribution in [1.29, 1.82) is 0 Å². The lowest BCUT2D eigenvalue weighted by atomic mass is 9.94. The van der Waals surface area contributed by atoms with Gasteiger partial charge in [-0.05, 0) is 109 Å². The van der Waals surface area contributed by atoms with Gasteiger partial charge in [0.1, 0.15) is 0 Å². The van der Waals surface area contributed by atoms with Crippen LogP contribution < -0.4 is 11.2 Å². The number of imidazole rings is 1. The Morgan fingerprint density at radius 2 is 1.20 bits per heavy atom. The first-order chi connectivity index (χ1) is 30.3. The summed E-state index contributed by atoms with van der Waals surface area (Å²) in [6.07, 6.45) is 1.89. The normalized spacial score (nSPS) is 17.4. The number of sulfonamides is 1. The molecule has 1 aromatic heterocycles. The van der Waals surface area contributed by atoms with Crippen molar-refractivity contribution in [3.63, 3.8) is 0 Å². The monoisotopic (exact) mass is 906 g/mol. The molecule has 0 saturated heterocycles. The van der Waals surface area contributed by atoms with Gasteiger partial charge in [-0.3, -0.25) is 19.5 Å². The number of hydrogen-bond donors (Lipinski definition) is 5. The summed E-state index contributed by atoms with van der Waals surface area (Å²) in [5, 5.41) is 24.2. The average molecular weight is 907 g/mol. The summed E-state index contributed by atoms with van der Waals surface area (Å²) in [6.45, 7) is 9.99. The summed E-state index contributed by atoms with van der Waals surface area (Å²) in [6, 6.07) is 20.6. The SMILES string of the molecule is CC(C)(C)N(C(=O)OC(=O)N([C@@H](Cc1ccccc1)[C@@H](O)CN(OC1CCCC1)S(=O)(=O)c1ccc2[nH]c(=O)[nH]c2c1)C(C)(C)C)[C@@H](Cc1ccccc1)[C@@H](O)CNOC1CCCC1. The van der Waals surface area contributed by atoms with Crippen molar-refractivity contribution in [3.8, 4) is 0 Å². The lowest BCUT2D eigenvalue weighted by molar-refractivity contribution is -0.150. The van der Waals surface area contributed by atoms with Crippen molar-refractivity contribution >= 4 is 33.2 Å². The van der Waals surface area contributed by atoms with Gasteiger partial charge in [0.15, 0.2) is 0 Å². The van der Waals surface area contributed by atoms with Gasteiger partial charge in [-0.25, -0.2) is 22.8 Å². The number of benzene rings is 3. The van der Waals surface area contributed by atoms with E-state index in [-0.39, 0.29) is 35.9 Å². The van der Waals surface area contributed by atoms with E-state index < -0.39 is 75.9 Å². The zero-order valence-electron chi connectivity index (χ0n) is 37.9. The predicted molar refractivity (Wildman–Crippen MR) is 242 cm³/mol. The average Bonchev–Trinajstić information content (AvgIpc) is 4.02. The van der Waals surface area contributed by atoms with Crippen LogP contribution in [0.1, 0.15) is 104 Å². The van der Waals surface area contributed by atoms with Gasteiger partial charge >= 0.3 is 17.9 Å². The molecule has 4 atom stereocenters. The van der Waals surface area contributed by atoms with Crippen molar-refractivity contribution < 1.29 is 42.6 Å². The second-order valence-electron chi connectivity index (χ2n) is 19.0. The van der Waals surface area contributed by atoms with E-state index in [2.05, 4.69) is 15.4 Å². The van der Waals surface area contributed by atoms with Crippen molar-refractivity contribution in [1.82, 2.24) is 29.7 Å². The molecular weight excluding hydrogens is 841 g/mol. The van der Waals surface area contributed by atoms with Crippen molar-refractivity contribution in [2.24, 2.45) is 0 Å². The Kier molecular flexibility index (Phi) is 16.1. The van der Waals surface area contributed by atoms with Gasteiger partial charge in [-0.2, -0.15) is 5.48 Å². The number of hydrogen-bond acceptors (Lipinski definition) is 11. The Bertz CT molecular complexity index is 2300. The van der Waals surface area contributed by atoms with Gasteiger partial charge < -0.3 is 24.9 Å². The number of fused-ring (bicyclic) bond motifs is 1. The summed E-state index contributed by atoms with van der Waals surface area (Å²) < 4.78 is 35.6. The van der Waals surface area contributed by atoms with Gasteiger partial charge in [-0.1, -0.05) is 90.8 Å². The zero-order chi connectivity index (χ0) is 46.2. The first-order valence-electron chi connectivity index (χ1n) is 22.4. The number of aliphatic hydroxyl groups excluding tert-OH is 2. The molecule has 2 aliphatic rings. The number of amides is 2. The minimum absolute atomic E-state index is 0.000578. The van der Waals surface area contributed by atoms with Crippen LogP contribution in [-0.2, 0) is 37.3 Å². The second-order valence-corrected chi connectivity index (χ2v) is 20.9. The van der Waals surface area contributed by atoms with E-state index in [0.29, 0.717) is 18.4 Å². The second kappa shape index (κ2) is 21.1. The van der Waals surface area contributed by atoms with Gasteiger partial charge in [0.25, 0.3) is 10.0 Å². The number of carbonyl (C=O) groups excluding carboxylic acids is 2. The van der Waals surface area contributed by atoms with Crippen LogP contribution >= 0.6 is 0 Å². The van der Waals surface area contributed by atoms with Crippen LogP contribution in [0.25, 0.3) is 11.0 Å². The Balaban J connectivity index is 1.32. The Hall–Kier alpha value is -4.62. The van der Waals surface area contributed by atoms with Crippen LogP contribution in [0.15, 0.2) is 88.6 Å². The molecule has 0 unspecified atom stereocenters. The number of rotatable bonds is 18. The fourth-order valence-electron chi connectivity index (χ4n) is 8.81. The molecule has 2 amide bonds. The quantitative estimate of drug-likeness (QED) is 0.0532. The van der Waals surface area contributed by atoms with E-state index in [0.717, 1.165) is 54.1 Å². The van der Waals surface area contributed by atoms with E-state index in [1.807, 2.05) is 60.7 Å². The number of aromatic nitrogens is 2. The molecule has 5 N–H and O–H groups in total. The fraction of sp³-hybridized carbons (Fsp3) is 0.553. The third-order valence-corrected chi connectivity index (χ3v) is 13.6.